The van der Waals surface area contributed by atoms with Crippen LogP contribution in [0.25, 0.3) is 0 Å². The molecule has 0 radical (unpaired) electrons. The second-order valence-corrected chi connectivity index (χ2v) is 11.7. The van der Waals surface area contributed by atoms with E-state index < -0.39 is 7.38 Å². The van der Waals surface area contributed by atoms with E-state index in [0.717, 1.165) is 18.2 Å². The molecule has 0 spiro atoms. The summed E-state index contributed by atoms with van der Waals surface area (Å²) in [6.07, 6.45) is 0.740. The van der Waals surface area contributed by atoms with Gasteiger partial charge in [0.15, 0.2) is 7.38 Å². The summed E-state index contributed by atoms with van der Waals surface area (Å²) in [6.45, 7) is 9.46. The third-order valence-corrected chi connectivity index (χ3v) is 8.38. The van der Waals surface area contributed by atoms with E-state index in [1.54, 1.807) is 0 Å². The van der Waals surface area contributed by atoms with Crippen molar-refractivity contribution in [3.63, 3.8) is 0 Å². The first-order valence-corrected chi connectivity index (χ1v) is 8.98. The first-order valence-electron chi connectivity index (χ1n) is 4.14. The van der Waals surface area contributed by atoms with E-state index in [9.17, 15) is 0 Å². The lowest BCUT2D eigenvalue weighted by atomic mass is 10.2. The van der Waals surface area contributed by atoms with E-state index in [4.69, 9.17) is 15.8 Å². The number of ether oxygens (including phenoxy) is 1. The molecule has 12 heavy (non-hydrogen) atoms. The van der Waals surface area contributed by atoms with Gasteiger partial charge >= 0.3 is 0 Å². The fraction of sp³-hybridized carbons (Fsp3) is 1.00. The molecular weight excluding hydrogens is 256 g/mol. The fourth-order valence-corrected chi connectivity index (χ4v) is 1.96. The Kier molecular flexibility index (Phi) is 5.38. The van der Waals surface area contributed by atoms with Crippen molar-refractivity contribution >= 4 is 34.4 Å². The minimum Gasteiger partial charge on any atom is -0.382 e. The Morgan fingerprint density at radius 2 is 1.92 bits per heavy atom. The maximum absolute atomic E-state index is 6.45. The molecule has 0 aromatic rings. The Labute approximate surface area is 89.7 Å². The topological polar surface area (TPSA) is 9.23 Å². The molecule has 0 aromatic heterocycles. The van der Waals surface area contributed by atoms with Crippen LogP contribution in [0.15, 0.2) is 0 Å². The molecule has 74 valence electrons. The van der Waals surface area contributed by atoms with E-state index >= 15 is 0 Å². The average molecular weight is 274 g/mol. The molecule has 0 amide bonds. The minimum absolute atomic E-state index is 0.209. The first-order chi connectivity index (χ1) is 5.31. The van der Waals surface area contributed by atoms with Gasteiger partial charge in [-0.3, -0.25) is 0 Å². The van der Waals surface area contributed by atoms with Crippen LogP contribution in [0.3, 0.4) is 0 Å². The van der Waals surface area contributed by atoms with Gasteiger partial charge in [-0.25, -0.2) is 0 Å². The number of alkyl halides is 1. The summed E-state index contributed by atoms with van der Waals surface area (Å²) < 4.78 is 5.46. The van der Waals surface area contributed by atoms with Gasteiger partial charge in [0.1, 0.15) is 0 Å². The summed E-state index contributed by atoms with van der Waals surface area (Å²) >= 11 is 9.76. The maximum Gasteiger partial charge on any atom is 0.184 e. The third kappa shape index (κ3) is 4.26. The van der Waals surface area contributed by atoms with Crippen LogP contribution in [0.4, 0.5) is 0 Å². The van der Waals surface area contributed by atoms with Crippen molar-refractivity contribution in [2.45, 2.75) is 32.4 Å². The van der Waals surface area contributed by atoms with Crippen molar-refractivity contribution in [2.75, 3.05) is 18.2 Å². The predicted octanol–water partition coefficient (Wildman–Crippen LogP) is 3.55. The summed E-state index contributed by atoms with van der Waals surface area (Å²) in [5, 5.41) is 1.10. The standard InChI is InChI=1S/C8H18BrClOSi/c1-8(2,3)12(4,10)7-11-6-5-9/h5-7H2,1-4H3. The van der Waals surface area contributed by atoms with E-state index in [2.05, 4.69) is 43.2 Å². The first kappa shape index (κ1) is 12.9. The zero-order valence-electron chi connectivity index (χ0n) is 8.29. The molecule has 0 N–H and O–H groups in total. The summed E-state index contributed by atoms with van der Waals surface area (Å²) in [5.41, 5.74) is 0. The molecule has 0 saturated carbocycles. The van der Waals surface area contributed by atoms with Gasteiger partial charge in [0.2, 0.25) is 0 Å². The Morgan fingerprint density at radius 1 is 1.42 bits per heavy atom. The smallest absolute Gasteiger partial charge is 0.184 e. The number of halogens is 2. The predicted molar refractivity (Wildman–Crippen MR) is 61.8 cm³/mol. The summed E-state index contributed by atoms with van der Waals surface area (Å²) in [5.74, 6) is 0. The molecule has 0 saturated heterocycles. The second kappa shape index (κ2) is 4.98. The molecule has 1 nitrogen and oxygen atoms in total. The molecule has 0 aliphatic heterocycles. The molecule has 0 heterocycles. The van der Waals surface area contributed by atoms with Crippen LogP contribution in [-0.2, 0) is 4.74 Å². The lowest BCUT2D eigenvalue weighted by Crippen LogP contribution is -2.40. The maximum atomic E-state index is 6.45. The highest BCUT2D eigenvalue weighted by Gasteiger charge is 2.38. The Morgan fingerprint density at radius 3 is 2.25 bits per heavy atom. The number of hydrogen-bond donors (Lipinski definition) is 0. The van der Waals surface area contributed by atoms with E-state index in [1.807, 2.05) is 0 Å². The van der Waals surface area contributed by atoms with Crippen molar-refractivity contribution < 1.29 is 4.74 Å². The number of rotatable bonds is 4. The number of hydrogen-bond acceptors (Lipinski definition) is 1. The largest absolute Gasteiger partial charge is 0.382 e. The van der Waals surface area contributed by atoms with E-state index in [1.165, 1.54) is 0 Å². The Bertz CT molecular complexity index is 134. The van der Waals surface area contributed by atoms with Gasteiger partial charge in [0.05, 0.1) is 12.8 Å². The van der Waals surface area contributed by atoms with Gasteiger partial charge in [0.25, 0.3) is 0 Å². The lowest BCUT2D eigenvalue weighted by molar-refractivity contribution is 0.191. The molecule has 0 rings (SSSR count). The molecule has 0 bridgehead atoms. The quantitative estimate of drug-likeness (QED) is 0.329. The Balaban J connectivity index is 3.88. The van der Waals surface area contributed by atoms with Crippen LogP contribution >= 0.6 is 27.0 Å². The van der Waals surface area contributed by atoms with Gasteiger partial charge in [-0.05, 0) is 5.04 Å². The fourth-order valence-electron chi connectivity index (χ4n) is 0.535. The van der Waals surface area contributed by atoms with Crippen LogP contribution in [0.1, 0.15) is 20.8 Å². The molecular formula is C8H18BrClOSi. The normalized spacial score (nSPS) is 17.5. The summed E-state index contributed by atoms with van der Waals surface area (Å²) in [6, 6.07) is 0. The van der Waals surface area contributed by atoms with Gasteiger partial charge < -0.3 is 4.74 Å². The van der Waals surface area contributed by atoms with Gasteiger partial charge in [0, 0.05) is 5.33 Å². The average Bonchev–Trinajstić information content (AvgIpc) is 1.85. The molecule has 0 aromatic carbocycles. The molecule has 4 heteroatoms. The third-order valence-electron chi connectivity index (χ3n) is 2.16. The molecule has 1 atom stereocenters. The van der Waals surface area contributed by atoms with Gasteiger partial charge in [-0.1, -0.05) is 43.2 Å². The van der Waals surface area contributed by atoms with E-state index in [-0.39, 0.29) is 5.04 Å². The summed E-state index contributed by atoms with van der Waals surface area (Å²) in [7, 11) is -1.71. The van der Waals surface area contributed by atoms with Crippen molar-refractivity contribution in [2.24, 2.45) is 0 Å². The zero-order chi connectivity index (χ0) is 9.83. The van der Waals surface area contributed by atoms with E-state index in [0.29, 0.717) is 0 Å². The Hall–Kier alpha value is 0.947. The molecule has 1 unspecified atom stereocenters. The second-order valence-electron chi connectivity index (χ2n) is 4.19. The molecule has 0 fully saturated rings. The van der Waals surface area contributed by atoms with Gasteiger partial charge in [-0.15, -0.1) is 0 Å². The molecule has 0 aliphatic carbocycles. The zero-order valence-corrected chi connectivity index (χ0v) is 11.6. The van der Waals surface area contributed by atoms with Crippen molar-refractivity contribution in [3.05, 3.63) is 0 Å². The highest BCUT2D eigenvalue weighted by atomic mass is 79.9. The minimum atomic E-state index is -1.71. The van der Waals surface area contributed by atoms with Crippen molar-refractivity contribution in [1.82, 2.24) is 0 Å². The SMILES string of the molecule is CC(C)(C)[Si](C)(Cl)COCCBr. The van der Waals surface area contributed by atoms with Crippen LogP contribution in [0, 0.1) is 0 Å². The van der Waals surface area contributed by atoms with Gasteiger partial charge in [-0.2, -0.15) is 11.1 Å². The monoisotopic (exact) mass is 272 g/mol. The van der Waals surface area contributed by atoms with Crippen molar-refractivity contribution in [3.8, 4) is 0 Å². The molecule has 0 aliphatic rings. The van der Waals surface area contributed by atoms with Crippen LogP contribution in [-0.4, -0.2) is 25.6 Å². The summed E-state index contributed by atoms with van der Waals surface area (Å²) in [4.78, 5) is 0. The lowest BCUT2D eigenvalue weighted by Gasteiger charge is -2.33. The highest BCUT2D eigenvalue weighted by molar-refractivity contribution is 9.09. The van der Waals surface area contributed by atoms with Crippen molar-refractivity contribution in [1.29, 1.82) is 0 Å². The van der Waals surface area contributed by atoms with Crippen LogP contribution in [0.5, 0.6) is 0 Å². The highest BCUT2D eigenvalue weighted by Crippen LogP contribution is 2.38. The van der Waals surface area contributed by atoms with Crippen LogP contribution in [0.2, 0.25) is 11.6 Å². The van der Waals surface area contributed by atoms with Crippen LogP contribution < -0.4 is 0 Å².